The van der Waals surface area contributed by atoms with Gasteiger partial charge in [-0.2, -0.15) is 0 Å². The van der Waals surface area contributed by atoms with Crippen LogP contribution < -0.4 is 11.1 Å². The minimum Gasteiger partial charge on any atom is -0.325 e. The predicted octanol–water partition coefficient (Wildman–Crippen LogP) is 1.26. The van der Waals surface area contributed by atoms with Crippen LogP contribution in [-0.4, -0.2) is 18.1 Å². The summed E-state index contributed by atoms with van der Waals surface area (Å²) in [5, 5.41) is 3.62. The quantitative estimate of drug-likeness (QED) is 0.571. The molecule has 3 unspecified atom stereocenters. The average molecular weight is 168 g/mol. The van der Waals surface area contributed by atoms with E-state index < -0.39 is 0 Å². The minimum absolute atomic E-state index is 0.0940. The fraction of sp³-hybridized carbons (Fsp3) is 1.00. The summed E-state index contributed by atoms with van der Waals surface area (Å²) in [7, 11) is 0. The summed E-state index contributed by atoms with van der Waals surface area (Å²) in [6.45, 7) is 3.32. The molecule has 1 aliphatic heterocycles. The van der Waals surface area contributed by atoms with Gasteiger partial charge >= 0.3 is 0 Å². The molecule has 1 heterocycles. The molecule has 2 fully saturated rings. The van der Waals surface area contributed by atoms with Crippen LogP contribution in [-0.2, 0) is 0 Å². The Bertz CT molecular complexity index is 165. The average Bonchev–Trinajstić information content (AvgIpc) is 2.31. The summed E-state index contributed by atoms with van der Waals surface area (Å²) in [6, 6.07) is 0.787. The van der Waals surface area contributed by atoms with Crippen molar-refractivity contribution in [3.05, 3.63) is 0 Å². The summed E-state index contributed by atoms with van der Waals surface area (Å²) in [5.74, 6) is 0.863. The molecule has 1 aliphatic carbocycles. The first-order valence-corrected chi connectivity index (χ1v) is 5.20. The first kappa shape index (κ1) is 8.52. The lowest BCUT2D eigenvalue weighted by Crippen LogP contribution is -2.38. The van der Waals surface area contributed by atoms with Gasteiger partial charge in [-0.05, 0) is 45.1 Å². The molecule has 0 bridgehead atoms. The van der Waals surface area contributed by atoms with Crippen molar-refractivity contribution < 1.29 is 0 Å². The van der Waals surface area contributed by atoms with Gasteiger partial charge in [0.25, 0.3) is 0 Å². The molecule has 0 aromatic heterocycles. The summed E-state index contributed by atoms with van der Waals surface area (Å²) in [4.78, 5) is 0. The molecule has 2 heteroatoms. The van der Waals surface area contributed by atoms with Crippen LogP contribution in [0.1, 0.15) is 39.0 Å². The molecule has 0 aromatic rings. The Morgan fingerprint density at radius 1 is 1.42 bits per heavy atom. The highest BCUT2D eigenvalue weighted by molar-refractivity contribution is 4.94. The van der Waals surface area contributed by atoms with E-state index in [-0.39, 0.29) is 5.54 Å². The van der Waals surface area contributed by atoms with E-state index in [2.05, 4.69) is 12.2 Å². The van der Waals surface area contributed by atoms with Crippen molar-refractivity contribution in [3.63, 3.8) is 0 Å². The second-order valence-electron chi connectivity index (χ2n) is 4.86. The largest absolute Gasteiger partial charge is 0.325 e. The third-order valence-electron chi connectivity index (χ3n) is 3.49. The molecule has 2 aliphatic rings. The van der Waals surface area contributed by atoms with Gasteiger partial charge in [-0.15, -0.1) is 0 Å². The van der Waals surface area contributed by atoms with Crippen molar-refractivity contribution in [2.24, 2.45) is 11.7 Å². The van der Waals surface area contributed by atoms with E-state index in [0.717, 1.165) is 24.9 Å². The van der Waals surface area contributed by atoms with Crippen LogP contribution in [0.15, 0.2) is 0 Å². The topological polar surface area (TPSA) is 38.0 Å². The van der Waals surface area contributed by atoms with Crippen molar-refractivity contribution in [1.82, 2.24) is 5.32 Å². The van der Waals surface area contributed by atoms with E-state index in [1.54, 1.807) is 0 Å². The van der Waals surface area contributed by atoms with E-state index in [0.29, 0.717) is 0 Å². The Balaban J connectivity index is 2.04. The summed E-state index contributed by atoms with van der Waals surface area (Å²) >= 11 is 0. The molecule has 0 aromatic carbocycles. The maximum Gasteiger partial charge on any atom is 0.0141 e. The molecular weight excluding hydrogens is 148 g/mol. The van der Waals surface area contributed by atoms with Crippen molar-refractivity contribution in [2.75, 3.05) is 6.54 Å². The third-order valence-corrected chi connectivity index (χ3v) is 3.49. The molecule has 70 valence electrons. The van der Waals surface area contributed by atoms with E-state index in [9.17, 15) is 0 Å². The first-order chi connectivity index (χ1) is 5.67. The van der Waals surface area contributed by atoms with Gasteiger partial charge in [0.2, 0.25) is 0 Å². The molecule has 3 atom stereocenters. The molecule has 0 radical (unpaired) electrons. The maximum absolute atomic E-state index is 6.19. The lowest BCUT2D eigenvalue weighted by Gasteiger charge is -2.25. The highest BCUT2D eigenvalue weighted by Crippen LogP contribution is 2.34. The Labute approximate surface area is 74.9 Å². The van der Waals surface area contributed by atoms with Crippen LogP contribution >= 0.6 is 0 Å². The van der Waals surface area contributed by atoms with Gasteiger partial charge in [0.1, 0.15) is 0 Å². The Hall–Kier alpha value is -0.0800. The highest BCUT2D eigenvalue weighted by atomic mass is 14.9. The van der Waals surface area contributed by atoms with Crippen LogP contribution in [0.3, 0.4) is 0 Å². The number of fused-ring (bicyclic) bond motifs is 1. The monoisotopic (exact) mass is 168 g/mol. The van der Waals surface area contributed by atoms with Crippen molar-refractivity contribution in [2.45, 2.75) is 50.6 Å². The van der Waals surface area contributed by atoms with Gasteiger partial charge < -0.3 is 11.1 Å². The second kappa shape index (κ2) is 3.00. The molecule has 1 saturated heterocycles. The third kappa shape index (κ3) is 1.64. The summed E-state index contributed by atoms with van der Waals surface area (Å²) in [6.07, 6.45) is 6.54. The molecule has 2 nitrogen and oxygen atoms in total. The SMILES string of the molecule is CC1(N)CCNC2CCCC2C1. The fourth-order valence-corrected chi connectivity index (χ4v) is 2.79. The van der Waals surface area contributed by atoms with Gasteiger partial charge in [0, 0.05) is 11.6 Å². The van der Waals surface area contributed by atoms with Crippen LogP contribution in [0.25, 0.3) is 0 Å². The Kier molecular flexibility index (Phi) is 2.13. The number of hydrogen-bond acceptors (Lipinski definition) is 2. The fourth-order valence-electron chi connectivity index (χ4n) is 2.79. The lowest BCUT2D eigenvalue weighted by molar-refractivity contribution is 0.337. The molecule has 0 amide bonds. The second-order valence-corrected chi connectivity index (χ2v) is 4.86. The number of rotatable bonds is 0. The zero-order valence-corrected chi connectivity index (χ0v) is 7.97. The van der Waals surface area contributed by atoms with Crippen LogP contribution in [0, 0.1) is 5.92 Å². The van der Waals surface area contributed by atoms with Crippen molar-refractivity contribution >= 4 is 0 Å². The number of hydrogen-bond donors (Lipinski definition) is 2. The first-order valence-electron chi connectivity index (χ1n) is 5.20. The normalized spacial score (nSPS) is 48.5. The van der Waals surface area contributed by atoms with Gasteiger partial charge in [-0.25, -0.2) is 0 Å². The Morgan fingerprint density at radius 2 is 2.25 bits per heavy atom. The standard InChI is InChI=1S/C10H20N2/c1-10(11)5-6-12-9-4-2-3-8(9)7-10/h8-9,12H,2-7,11H2,1H3. The van der Waals surface area contributed by atoms with E-state index in [1.165, 1.54) is 25.7 Å². The Morgan fingerprint density at radius 3 is 3.08 bits per heavy atom. The van der Waals surface area contributed by atoms with E-state index in [1.807, 2.05) is 0 Å². The van der Waals surface area contributed by atoms with E-state index in [4.69, 9.17) is 5.73 Å². The predicted molar refractivity (Wildman–Crippen MR) is 51.0 cm³/mol. The smallest absolute Gasteiger partial charge is 0.0141 e. The summed E-state index contributed by atoms with van der Waals surface area (Å²) in [5.41, 5.74) is 6.29. The van der Waals surface area contributed by atoms with Crippen molar-refractivity contribution in [3.8, 4) is 0 Å². The molecule has 3 N–H and O–H groups in total. The molecule has 2 rings (SSSR count). The molecule has 12 heavy (non-hydrogen) atoms. The van der Waals surface area contributed by atoms with Gasteiger partial charge in [0.05, 0.1) is 0 Å². The van der Waals surface area contributed by atoms with Crippen LogP contribution in [0.5, 0.6) is 0 Å². The minimum atomic E-state index is 0.0940. The summed E-state index contributed by atoms with van der Waals surface area (Å²) < 4.78 is 0. The van der Waals surface area contributed by atoms with Gasteiger partial charge in [-0.3, -0.25) is 0 Å². The molecular formula is C10H20N2. The van der Waals surface area contributed by atoms with Gasteiger partial charge in [-0.1, -0.05) is 6.42 Å². The zero-order chi connectivity index (χ0) is 8.60. The van der Waals surface area contributed by atoms with E-state index >= 15 is 0 Å². The number of nitrogens with one attached hydrogen (secondary N) is 1. The zero-order valence-electron chi connectivity index (χ0n) is 7.97. The molecule has 1 saturated carbocycles. The highest BCUT2D eigenvalue weighted by Gasteiger charge is 2.34. The van der Waals surface area contributed by atoms with Crippen LogP contribution in [0.2, 0.25) is 0 Å². The lowest BCUT2D eigenvalue weighted by atomic mass is 9.87. The van der Waals surface area contributed by atoms with Crippen molar-refractivity contribution in [1.29, 1.82) is 0 Å². The molecule has 0 spiro atoms. The van der Waals surface area contributed by atoms with Crippen LogP contribution in [0.4, 0.5) is 0 Å². The number of nitrogens with two attached hydrogens (primary N) is 1. The maximum atomic E-state index is 6.19. The van der Waals surface area contributed by atoms with Gasteiger partial charge in [0.15, 0.2) is 0 Å².